The predicted octanol–water partition coefficient (Wildman–Crippen LogP) is 2.92. The summed E-state index contributed by atoms with van der Waals surface area (Å²) in [5.74, 6) is 0.0157. The number of nitro benzene ring substituents is 1. The van der Waals surface area contributed by atoms with Crippen LogP contribution in [0.5, 0.6) is 5.75 Å². The predicted molar refractivity (Wildman–Crippen MR) is 120 cm³/mol. The quantitative estimate of drug-likeness (QED) is 0.385. The van der Waals surface area contributed by atoms with E-state index in [0.29, 0.717) is 10.8 Å². The average Bonchev–Trinajstić information content (AvgIpc) is 3.21. The molecule has 1 atom stereocenters. The smallest absolute Gasteiger partial charge is 0.271 e. The molecule has 13 heteroatoms. The second-order valence-corrected chi connectivity index (χ2v) is 9.48. The van der Waals surface area contributed by atoms with Crippen LogP contribution in [0.2, 0.25) is 0 Å². The van der Waals surface area contributed by atoms with E-state index in [-0.39, 0.29) is 16.5 Å². The van der Waals surface area contributed by atoms with Crippen molar-refractivity contribution in [2.75, 3.05) is 23.0 Å². The highest BCUT2D eigenvalue weighted by molar-refractivity contribution is 7.92. The van der Waals surface area contributed by atoms with Gasteiger partial charge in [0, 0.05) is 17.7 Å². The molecule has 0 spiro atoms. The topological polar surface area (TPSA) is 145 Å². The van der Waals surface area contributed by atoms with Gasteiger partial charge in [0.15, 0.2) is 0 Å². The third-order valence-electron chi connectivity index (χ3n) is 4.38. The van der Waals surface area contributed by atoms with Gasteiger partial charge < -0.3 is 4.74 Å². The molecule has 0 fully saturated rings. The van der Waals surface area contributed by atoms with Crippen molar-refractivity contribution in [1.82, 2.24) is 10.2 Å². The van der Waals surface area contributed by atoms with Gasteiger partial charge in [0.2, 0.25) is 21.1 Å². The summed E-state index contributed by atoms with van der Waals surface area (Å²) in [5, 5.41) is 22.3. The molecular formula is C19H19N5O6S2. The van der Waals surface area contributed by atoms with Gasteiger partial charge in [-0.15, -0.1) is 10.2 Å². The van der Waals surface area contributed by atoms with Gasteiger partial charge in [-0.3, -0.25) is 24.5 Å². The van der Waals surface area contributed by atoms with Crippen molar-refractivity contribution in [1.29, 1.82) is 0 Å². The number of sulfonamides is 1. The minimum Gasteiger partial charge on any atom is -0.497 e. The van der Waals surface area contributed by atoms with E-state index < -0.39 is 26.9 Å². The third kappa shape index (κ3) is 5.18. The molecule has 168 valence electrons. The Labute approximate surface area is 187 Å². The van der Waals surface area contributed by atoms with Crippen molar-refractivity contribution in [2.45, 2.75) is 13.0 Å². The van der Waals surface area contributed by atoms with Crippen LogP contribution in [0.4, 0.5) is 16.5 Å². The molecule has 1 unspecified atom stereocenters. The highest BCUT2D eigenvalue weighted by Crippen LogP contribution is 2.29. The molecule has 1 heterocycles. The lowest BCUT2D eigenvalue weighted by atomic mass is 10.2. The summed E-state index contributed by atoms with van der Waals surface area (Å²) >= 11 is 1.11. The molecule has 2 aromatic carbocycles. The molecule has 0 radical (unpaired) electrons. The Balaban J connectivity index is 1.82. The number of aromatic nitrogens is 2. The van der Waals surface area contributed by atoms with Gasteiger partial charge in [-0.2, -0.15) is 0 Å². The van der Waals surface area contributed by atoms with E-state index in [9.17, 15) is 23.3 Å². The van der Waals surface area contributed by atoms with Crippen molar-refractivity contribution >= 4 is 43.8 Å². The van der Waals surface area contributed by atoms with E-state index in [1.807, 2.05) is 0 Å². The molecule has 0 bridgehead atoms. The van der Waals surface area contributed by atoms with E-state index in [1.54, 1.807) is 31.4 Å². The number of non-ortho nitro benzene ring substituents is 1. The Morgan fingerprint density at radius 3 is 2.50 bits per heavy atom. The zero-order valence-electron chi connectivity index (χ0n) is 17.3. The first kappa shape index (κ1) is 23.1. The van der Waals surface area contributed by atoms with Gasteiger partial charge in [-0.25, -0.2) is 8.42 Å². The lowest BCUT2D eigenvalue weighted by Gasteiger charge is -2.27. The molecular weight excluding hydrogens is 458 g/mol. The molecule has 3 rings (SSSR count). The van der Waals surface area contributed by atoms with Crippen LogP contribution in [0.25, 0.3) is 10.6 Å². The fraction of sp³-hybridized carbons (Fsp3) is 0.211. The molecule has 0 aliphatic heterocycles. The highest BCUT2D eigenvalue weighted by atomic mass is 32.2. The summed E-state index contributed by atoms with van der Waals surface area (Å²) in [4.78, 5) is 23.2. The summed E-state index contributed by atoms with van der Waals surface area (Å²) in [7, 11) is -2.38. The molecule has 11 nitrogen and oxygen atoms in total. The Bertz CT molecular complexity index is 1240. The monoisotopic (exact) mass is 477 g/mol. The third-order valence-corrected chi connectivity index (χ3v) is 6.51. The largest absolute Gasteiger partial charge is 0.497 e. The maximum atomic E-state index is 12.8. The first-order chi connectivity index (χ1) is 15.1. The van der Waals surface area contributed by atoms with Crippen molar-refractivity contribution < 1.29 is 22.9 Å². The highest BCUT2D eigenvalue weighted by Gasteiger charge is 2.30. The standard InChI is InChI=1S/C19H19N5O6S2/c1-12(23(32(3,28)29)14-5-4-6-15(11-14)24(26)27)17(25)20-19-22-21-18(31-19)13-7-9-16(30-2)10-8-13/h4-12H,1-3H3,(H,20,22,25). The van der Waals surface area contributed by atoms with E-state index in [0.717, 1.165) is 33.5 Å². The zero-order valence-corrected chi connectivity index (χ0v) is 18.9. The molecule has 0 aliphatic carbocycles. The van der Waals surface area contributed by atoms with Gasteiger partial charge >= 0.3 is 0 Å². The number of rotatable bonds is 8. The van der Waals surface area contributed by atoms with E-state index in [4.69, 9.17) is 4.74 Å². The summed E-state index contributed by atoms with van der Waals surface area (Å²) < 4.78 is 30.7. The number of hydrogen-bond donors (Lipinski definition) is 1. The summed E-state index contributed by atoms with van der Waals surface area (Å²) in [6.07, 6.45) is 0.919. The molecule has 0 saturated heterocycles. The molecule has 3 aromatic rings. The Morgan fingerprint density at radius 1 is 1.22 bits per heavy atom. The summed E-state index contributed by atoms with van der Waals surface area (Å²) in [5.41, 5.74) is 0.476. The second kappa shape index (κ2) is 9.28. The van der Waals surface area contributed by atoms with E-state index in [1.165, 1.54) is 25.1 Å². The lowest BCUT2D eigenvalue weighted by molar-refractivity contribution is -0.384. The van der Waals surface area contributed by atoms with Crippen molar-refractivity contribution in [3.63, 3.8) is 0 Å². The van der Waals surface area contributed by atoms with Crippen molar-refractivity contribution in [2.24, 2.45) is 0 Å². The average molecular weight is 478 g/mol. The number of methoxy groups -OCH3 is 1. The van der Waals surface area contributed by atoms with Gasteiger partial charge in [0.25, 0.3) is 5.69 Å². The SMILES string of the molecule is COc1ccc(-c2nnc(NC(=O)C(C)N(c3cccc([N+](=O)[O-])c3)S(C)(=O)=O)s2)cc1. The number of nitrogens with one attached hydrogen (secondary N) is 1. The number of carbonyl (C=O) groups excluding carboxylic acids is 1. The second-order valence-electron chi connectivity index (χ2n) is 6.64. The first-order valence-electron chi connectivity index (χ1n) is 9.13. The maximum absolute atomic E-state index is 12.8. The Kier molecular flexibility index (Phi) is 6.69. The van der Waals surface area contributed by atoms with Crippen LogP contribution in [0.3, 0.4) is 0 Å². The van der Waals surface area contributed by atoms with Crippen LogP contribution in [-0.4, -0.2) is 48.9 Å². The van der Waals surface area contributed by atoms with Crippen LogP contribution >= 0.6 is 11.3 Å². The van der Waals surface area contributed by atoms with E-state index in [2.05, 4.69) is 15.5 Å². The van der Waals surface area contributed by atoms with E-state index >= 15 is 0 Å². The fourth-order valence-corrected chi connectivity index (χ4v) is 4.80. The number of amides is 1. The van der Waals surface area contributed by atoms with Crippen molar-refractivity contribution in [3.8, 4) is 16.3 Å². The van der Waals surface area contributed by atoms with Crippen LogP contribution in [0.1, 0.15) is 6.92 Å². The lowest BCUT2D eigenvalue weighted by Crippen LogP contribution is -2.45. The van der Waals surface area contributed by atoms with Gasteiger partial charge in [-0.1, -0.05) is 17.4 Å². The molecule has 1 N–H and O–H groups in total. The molecule has 0 aliphatic rings. The number of carbonyl (C=O) groups is 1. The molecule has 1 aromatic heterocycles. The molecule has 0 saturated carbocycles. The number of nitro groups is 1. The number of anilines is 2. The van der Waals surface area contributed by atoms with Crippen LogP contribution in [0.15, 0.2) is 48.5 Å². The normalized spacial score (nSPS) is 12.1. The van der Waals surface area contributed by atoms with Gasteiger partial charge in [0.05, 0.1) is 24.0 Å². The minimum atomic E-state index is -3.94. The zero-order chi connectivity index (χ0) is 23.5. The molecule has 32 heavy (non-hydrogen) atoms. The Hall–Kier alpha value is -3.58. The van der Waals surface area contributed by atoms with Gasteiger partial charge in [-0.05, 0) is 37.3 Å². The fourth-order valence-electron chi connectivity index (χ4n) is 2.89. The van der Waals surface area contributed by atoms with Crippen LogP contribution < -0.4 is 14.4 Å². The number of hydrogen-bond acceptors (Lipinski definition) is 9. The Morgan fingerprint density at radius 2 is 1.91 bits per heavy atom. The summed E-state index contributed by atoms with van der Waals surface area (Å²) in [6.45, 7) is 1.38. The van der Waals surface area contributed by atoms with Gasteiger partial charge in [0.1, 0.15) is 16.8 Å². The van der Waals surface area contributed by atoms with Crippen LogP contribution in [0, 0.1) is 10.1 Å². The number of ether oxygens (including phenoxy) is 1. The van der Waals surface area contributed by atoms with Crippen LogP contribution in [-0.2, 0) is 14.8 Å². The van der Waals surface area contributed by atoms with Crippen molar-refractivity contribution in [3.05, 3.63) is 58.6 Å². The molecule has 1 amide bonds. The first-order valence-corrected chi connectivity index (χ1v) is 11.8. The maximum Gasteiger partial charge on any atom is 0.271 e. The minimum absolute atomic E-state index is 0.000496. The number of nitrogens with zero attached hydrogens (tertiary/aromatic N) is 4. The summed E-state index contributed by atoms with van der Waals surface area (Å²) in [6, 6.07) is 11.0. The number of benzene rings is 2.